The number of rotatable bonds is 2. The summed E-state index contributed by atoms with van der Waals surface area (Å²) in [6.45, 7) is 2.10. The second-order valence-corrected chi connectivity index (χ2v) is 5.21. The van der Waals surface area contributed by atoms with Gasteiger partial charge in [-0.1, -0.05) is 30.3 Å². The Morgan fingerprint density at radius 1 is 1.15 bits per heavy atom. The average Bonchev–Trinajstić information content (AvgIpc) is 2.47. The highest BCUT2D eigenvalue weighted by Crippen LogP contribution is 2.41. The molecule has 0 spiro atoms. The van der Waals surface area contributed by atoms with E-state index < -0.39 is 0 Å². The van der Waals surface area contributed by atoms with Crippen LogP contribution in [0.15, 0.2) is 42.5 Å². The van der Waals surface area contributed by atoms with Gasteiger partial charge in [-0.05, 0) is 24.1 Å². The first kappa shape index (κ1) is 13.0. The molecule has 0 saturated heterocycles. The Morgan fingerprint density at radius 3 is 2.70 bits per heavy atom. The van der Waals surface area contributed by atoms with Crippen molar-refractivity contribution in [2.24, 2.45) is 5.73 Å². The van der Waals surface area contributed by atoms with Crippen LogP contribution in [0.4, 0.5) is 0 Å². The number of fused-ring (bicyclic) bond motifs is 1. The topological polar surface area (TPSA) is 44.5 Å². The summed E-state index contributed by atoms with van der Waals surface area (Å²) >= 11 is 0. The molecular formula is C17H19NO2. The maximum Gasteiger partial charge on any atom is 0.128 e. The van der Waals surface area contributed by atoms with Gasteiger partial charge in [0.05, 0.1) is 7.11 Å². The minimum atomic E-state index is -0.00531. The van der Waals surface area contributed by atoms with Crippen LogP contribution in [0.3, 0.4) is 0 Å². The fourth-order valence-electron chi connectivity index (χ4n) is 2.75. The van der Waals surface area contributed by atoms with Gasteiger partial charge in [-0.2, -0.15) is 0 Å². The molecule has 1 heterocycles. The standard InChI is InChI=1S/C17H19NO2/c1-11-5-3-4-6-13(11)17-10-15(18)14-8-7-12(19-2)9-16(14)20-17/h3-9,15,17H,10,18H2,1-2H3/t15-,17?/m1/s1. The molecule has 1 aliphatic heterocycles. The first-order chi connectivity index (χ1) is 9.69. The van der Waals surface area contributed by atoms with Crippen molar-refractivity contribution in [3.63, 3.8) is 0 Å². The normalized spacial score (nSPS) is 20.9. The van der Waals surface area contributed by atoms with Crippen molar-refractivity contribution in [2.45, 2.75) is 25.5 Å². The molecule has 0 aromatic heterocycles. The van der Waals surface area contributed by atoms with Gasteiger partial charge in [0.1, 0.15) is 17.6 Å². The first-order valence-corrected chi connectivity index (χ1v) is 6.84. The fourth-order valence-corrected chi connectivity index (χ4v) is 2.75. The Labute approximate surface area is 119 Å². The van der Waals surface area contributed by atoms with E-state index in [0.717, 1.165) is 23.5 Å². The smallest absolute Gasteiger partial charge is 0.128 e. The second kappa shape index (κ2) is 5.17. The Morgan fingerprint density at radius 2 is 1.95 bits per heavy atom. The predicted molar refractivity (Wildman–Crippen MR) is 79.1 cm³/mol. The van der Waals surface area contributed by atoms with Crippen LogP contribution in [-0.4, -0.2) is 7.11 Å². The van der Waals surface area contributed by atoms with Crippen LogP contribution in [-0.2, 0) is 0 Å². The highest BCUT2D eigenvalue weighted by Gasteiger charge is 2.28. The van der Waals surface area contributed by atoms with Crippen molar-refractivity contribution < 1.29 is 9.47 Å². The number of aryl methyl sites for hydroxylation is 1. The van der Waals surface area contributed by atoms with Crippen LogP contribution in [0.5, 0.6) is 11.5 Å². The first-order valence-electron chi connectivity index (χ1n) is 6.84. The average molecular weight is 269 g/mol. The van der Waals surface area contributed by atoms with E-state index in [1.165, 1.54) is 11.1 Å². The molecule has 0 aliphatic carbocycles. The third-order valence-corrected chi connectivity index (χ3v) is 3.89. The molecule has 20 heavy (non-hydrogen) atoms. The second-order valence-electron chi connectivity index (χ2n) is 5.21. The molecule has 1 unspecified atom stereocenters. The third kappa shape index (κ3) is 2.25. The zero-order valence-electron chi connectivity index (χ0n) is 11.8. The van der Waals surface area contributed by atoms with Gasteiger partial charge in [-0.25, -0.2) is 0 Å². The molecule has 104 valence electrons. The van der Waals surface area contributed by atoms with Crippen molar-refractivity contribution in [3.05, 3.63) is 59.2 Å². The van der Waals surface area contributed by atoms with Crippen molar-refractivity contribution in [2.75, 3.05) is 7.11 Å². The number of ether oxygens (including phenoxy) is 2. The van der Waals surface area contributed by atoms with Crippen molar-refractivity contribution in [3.8, 4) is 11.5 Å². The Bertz CT molecular complexity index is 624. The van der Waals surface area contributed by atoms with Gasteiger partial charge in [-0.15, -0.1) is 0 Å². The molecule has 1 aliphatic rings. The number of methoxy groups -OCH3 is 1. The van der Waals surface area contributed by atoms with Crippen LogP contribution in [0.2, 0.25) is 0 Å². The summed E-state index contributed by atoms with van der Waals surface area (Å²) in [5.74, 6) is 1.62. The molecule has 0 saturated carbocycles. The van der Waals surface area contributed by atoms with Crippen LogP contribution in [0, 0.1) is 6.92 Å². The zero-order valence-corrected chi connectivity index (χ0v) is 11.8. The number of hydrogen-bond acceptors (Lipinski definition) is 3. The quantitative estimate of drug-likeness (QED) is 0.907. The fraction of sp³-hybridized carbons (Fsp3) is 0.294. The Hall–Kier alpha value is -2.00. The highest BCUT2D eigenvalue weighted by atomic mass is 16.5. The van der Waals surface area contributed by atoms with E-state index in [-0.39, 0.29) is 12.1 Å². The van der Waals surface area contributed by atoms with E-state index in [1.54, 1.807) is 7.11 Å². The molecule has 2 N–H and O–H groups in total. The highest BCUT2D eigenvalue weighted by molar-refractivity contribution is 5.45. The third-order valence-electron chi connectivity index (χ3n) is 3.89. The molecule has 3 heteroatoms. The minimum Gasteiger partial charge on any atom is -0.497 e. The van der Waals surface area contributed by atoms with E-state index in [0.29, 0.717) is 0 Å². The molecule has 3 rings (SSSR count). The van der Waals surface area contributed by atoms with Crippen LogP contribution in [0.1, 0.15) is 35.3 Å². The molecular weight excluding hydrogens is 250 g/mol. The van der Waals surface area contributed by atoms with Crippen LogP contribution in [0.25, 0.3) is 0 Å². The van der Waals surface area contributed by atoms with E-state index >= 15 is 0 Å². The summed E-state index contributed by atoms with van der Waals surface area (Å²) in [6.07, 6.45) is 0.801. The van der Waals surface area contributed by atoms with Gasteiger partial charge in [0.25, 0.3) is 0 Å². The summed E-state index contributed by atoms with van der Waals surface area (Å²) in [7, 11) is 1.66. The van der Waals surface area contributed by atoms with Crippen molar-refractivity contribution in [1.29, 1.82) is 0 Å². The van der Waals surface area contributed by atoms with Gasteiger partial charge < -0.3 is 15.2 Å². The maximum atomic E-state index is 6.29. The molecule has 2 atom stereocenters. The van der Waals surface area contributed by atoms with Gasteiger partial charge in [0, 0.05) is 24.1 Å². The minimum absolute atomic E-state index is 0.00531. The summed E-state index contributed by atoms with van der Waals surface area (Å²) in [5.41, 5.74) is 9.78. The van der Waals surface area contributed by atoms with Gasteiger partial charge in [-0.3, -0.25) is 0 Å². The van der Waals surface area contributed by atoms with Crippen LogP contribution >= 0.6 is 0 Å². The summed E-state index contributed by atoms with van der Waals surface area (Å²) in [6, 6.07) is 14.1. The van der Waals surface area contributed by atoms with E-state index in [4.69, 9.17) is 15.2 Å². The molecule has 2 aromatic carbocycles. The van der Waals surface area contributed by atoms with E-state index in [1.807, 2.05) is 30.3 Å². The molecule has 2 aromatic rings. The SMILES string of the molecule is COc1ccc2c(c1)OC(c1ccccc1C)C[C@H]2N. The lowest BCUT2D eigenvalue weighted by atomic mass is 9.91. The Kier molecular flexibility index (Phi) is 3.36. The summed E-state index contributed by atoms with van der Waals surface area (Å²) in [4.78, 5) is 0. The number of nitrogens with two attached hydrogens (primary N) is 1. The lowest BCUT2D eigenvalue weighted by molar-refractivity contribution is 0.160. The van der Waals surface area contributed by atoms with Gasteiger partial charge >= 0.3 is 0 Å². The van der Waals surface area contributed by atoms with E-state index in [9.17, 15) is 0 Å². The van der Waals surface area contributed by atoms with Crippen LogP contribution < -0.4 is 15.2 Å². The lowest BCUT2D eigenvalue weighted by Crippen LogP contribution is -2.24. The predicted octanol–water partition coefficient (Wildman–Crippen LogP) is 3.53. The molecule has 0 amide bonds. The Balaban J connectivity index is 1.97. The molecule has 0 radical (unpaired) electrons. The maximum absolute atomic E-state index is 6.29. The molecule has 0 bridgehead atoms. The largest absolute Gasteiger partial charge is 0.497 e. The zero-order chi connectivity index (χ0) is 14.1. The van der Waals surface area contributed by atoms with Gasteiger partial charge in [0.2, 0.25) is 0 Å². The van der Waals surface area contributed by atoms with Crippen molar-refractivity contribution in [1.82, 2.24) is 0 Å². The monoisotopic (exact) mass is 269 g/mol. The summed E-state index contributed by atoms with van der Waals surface area (Å²) < 4.78 is 11.4. The molecule has 0 fully saturated rings. The summed E-state index contributed by atoms with van der Waals surface area (Å²) in [5, 5.41) is 0. The lowest BCUT2D eigenvalue weighted by Gasteiger charge is -2.31. The number of benzene rings is 2. The number of hydrogen-bond donors (Lipinski definition) is 1. The van der Waals surface area contributed by atoms with Crippen molar-refractivity contribution >= 4 is 0 Å². The van der Waals surface area contributed by atoms with E-state index in [2.05, 4.69) is 19.1 Å². The van der Waals surface area contributed by atoms with Gasteiger partial charge in [0.15, 0.2) is 0 Å². The molecule has 3 nitrogen and oxygen atoms in total.